The zero-order valence-electron chi connectivity index (χ0n) is 12.3. The topological polar surface area (TPSA) is 45.1 Å². The minimum Gasteiger partial charge on any atom is -0.387 e. The van der Waals surface area contributed by atoms with Crippen LogP contribution in [0.3, 0.4) is 0 Å². The second-order valence-corrected chi connectivity index (χ2v) is 6.99. The van der Waals surface area contributed by atoms with E-state index in [9.17, 15) is 5.11 Å². The molecule has 0 aliphatic carbocycles. The van der Waals surface area contributed by atoms with E-state index < -0.39 is 6.10 Å². The van der Waals surface area contributed by atoms with Gasteiger partial charge in [0.25, 0.3) is 0 Å². The van der Waals surface area contributed by atoms with Gasteiger partial charge in [0.1, 0.15) is 5.01 Å². The molecule has 0 bridgehead atoms. The maximum Gasteiger partial charge on any atom is 0.133 e. The van der Waals surface area contributed by atoms with Gasteiger partial charge < -0.3 is 10.4 Å². The largest absolute Gasteiger partial charge is 0.387 e. The summed E-state index contributed by atoms with van der Waals surface area (Å²) in [5, 5.41) is 18.7. The van der Waals surface area contributed by atoms with Crippen molar-refractivity contribution in [2.75, 3.05) is 6.54 Å². The monoisotopic (exact) mass is 330 g/mol. The molecule has 0 saturated heterocycles. The Balaban J connectivity index is 1.53. The number of thiophene rings is 1. The van der Waals surface area contributed by atoms with Gasteiger partial charge in [-0.1, -0.05) is 35.9 Å². The van der Waals surface area contributed by atoms with Crippen molar-refractivity contribution in [2.24, 2.45) is 0 Å². The molecule has 1 atom stereocenters. The number of aromatic nitrogens is 1. The van der Waals surface area contributed by atoms with Gasteiger partial charge in [0.15, 0.2) is 0 Å². The number of rotatable bonds is 6. The normalized spacial score (nSPS) is 12.5. The number of hydrogen-bond donors (Lipinski definition) is 2. The molecule has 5 heteroatoms. The Morgan fingerprint density at radius 3 is 2.91 bits per heavy atom. The van der Waals surface area contributed by atoms with Crippen LogP contribution in [0.4, 0.5) is 0 Å². The number of nitrogens with zero attached hydrogens (tertiary/aromatic N) is 1. The standard InChI is InChI=1S/C17H18N2OS2/c1-12-4-2-5-13(8-12)15(20)10-18-9-14-11-22-17(19-14)16-6-3-7-21-16/h2-8,11,15,18,20H,9-10H2,1H3. The van der Waals surface area contributed by atoms with Gasteiger partial charge >= 0.3 is 0 Å². The molecule has 2 heterocycles. The Kier molecular flexibility index (Phi) is 5.00. The maximum atomic E-state index is 10.2. The first kappa shape index (κ1) is 15.4. The number of aryl methyl sites for hydroxylation is 1. The Morgan fingerprint density at radius 1 is 1.23 bits per heavy atom. The van der Waals surface area contributed by atoms with Crippen LogP contribution in [-0.4, -0.2) is 16.6 Å². The van der Waals surface area contributed by atoms with E-state index in [0.29, 0.717) is 13.1 Å². The van der Waals surface area contributed by atoms with E-state index in [4.69, 9.17) is 0 Å². The van der Waals surface area contributed by atoms with Gasteiger partial charge in [-0.3, -0.25) is 0 Å². The predicted octanol–water partition coefficient (Wildman–Crippen LogP) is 4.00. The van der Waals surface area contributed by atoms with Crippen LogP contribution in [0.25, 0.3) is 9.88 Å². The van der Waals surface area contributed by atoms with Gasteiger partial charge in [0.2, 0.25) is 0 Å². The number of thiazole rings is 1. The minimum atomic E-state index is -0.490. The van der Waals surface area contributed by atoms with Gasteiger partial charge in [0, 0.05) is 18.5 Å². The first-order valence-electron chi connectivity index (χ1n) is 7.16. The van der Waals surface area contributed by atoms with Crippen molar-refractivity contribution in [1.82, 2.24) is 10.3 Å². The molecular formula is C17H18N2OS2. The van der Waals surface area contributed by atoms with Crippen molar-refractivity contribution in [3.05, 3.63) is 64.0 Å². The molecule has 3 nitrogen and oxygen atoms in total. The third kappa shape index (κ3) is 3.81. The van der Waals surface area contributed by atoms with Crippen molar-refractivity contribution in [1.29, 1.82) is 0 Å². The third-order valence-corrected chi connectivity index (χ3v) is 5.28. The lowest BCUT2D eigenvalue weighted by Crippen LogP contribution is -2.21. The van der Waals surface area contributed by atoms with E-state index in [1.54, 1.807) is 22.7 Å². The molecule has 0 spiro atoms. The highest BCUT2D eigenvalue weighted by Crippen LogP contribution is 2.27. The number of benzene rings is 1. The third-order valence-electron chi connectivity index (χ3n) is 3.35. The summed E-state index contributed by atoms with van der Waals surface area (Å²) in [4.78, 5) is 5.83. The average molecular weight is 330 g/mol. The van der Waals surface area contributed by atoms with E-state index in [1.807, 2.05) is 37.3 Å². The quantitative estimate of drug-likeness (QED) is 0.718. The molecule has 3 rings (SSSR count). The Hall–Kier alpha value is -1.53. The first-order chi connectivity index (χ1) is 10.7. The lowest BCUT2D eigenvalue weighted by molar-refractivity contribution is 0.174. The summed E-state index contributed by atoms with van der Waals surface area (Å²) >= 11 is 3.37. The molecular weight excluding hydrogens is 312 g/mol. The molecule has 114 valence electrons. The van der Waals surface area contributed by atoms with Gasteiger partial charge in [-0.25, -0.2) is 4.98 Å². The first-order valence-corrected chi connectivity index (χ1v) is 8.92. The number of aliphatic hydroxyl groups is 1. The molecule has 0 fully saturated rings. The summed E-state index contributed by atoms with van der Waals surface area (Å²) in [6, 6.07) is 12.1. The molecule has 3 aromatic rings. The SMILES string of the molecule is Cc1cccc(C(O)CNCc2csc(-c3cccs3)n2)c1. The van der Waals surface area contributed by atoms with Crippen LogP contribution in [0, 0.1) is 6.92 Å². The highest BCUT2D eigenvalue weighted by molar-refractivity contribution is 7.20. The molecule has 0 amide bonds. The predicted molar refractivity (Wildman–Crippen MR) is 93.3 cm³/mol. The Labute approximate surface area is 138 Å². The molecule has 0 saturated carbocycles. The fraction of sp³-hybridized carbons (Fsp3) is 0.235. The van der Waals surface area contributed by atoms with Gasteiger partial charge in [0.05, 0.1) is 16.7 Å². The fourth-order valence-corrected chi connectivity index (χ4v) is 3.87. The van der Waals surface area contributed by atoms with Crippen LogP contribution in [-0.2, 0) is 6.54 Å². The molecule has 0 radical (unpaired) electrons. The lowest BCUT2D eigenvalue weighted by Gasteiger charge is -2.12. The summed E-state index contributed by atoms with van der Waals surface area (Å²) < 4.78 is 0. The molecule has 2 N–H and O–H groups in total. The minimum absolute atomic E-state index is 0.490. The highest BCUT2D eigenvalue weighted by Gasteiger charge is 2.09. The van der Waals surface area contributed by atoms with Crippen molar-refractivity contribution >= 4 is 22.7 Å². The van der Waals surface area contributed by atoms with E-state index in [2.05, 4.69) is 27.1 Å². The van der Waals surface area contributed by atoms with Crippen molar-refractivity contribution in [2.45, 2.75) is 19.6 Å². The van der Waals surface area contributed by atoms with Crippen LogP contribution < -0.4 is 5.32 Å². The lowest BCUT2D eigenvalue weighted by atomic mass is 10.1. The Morgan fingerprint density at radius 2 is 2.14 bits per heavy atom. The van der Waals surface area contributed by atoms with Gasteiger partial charge in [-0.2, -0.15) is 0 Å². The summed E-state index contributed by atoms with van der Waals surface area (Å²) in [7, 11) is 0. The zero-order valence-corrected chi connectivity index (χ0v) is 14.0. The average Bonchev–Trinajstić information content (AvgIpc) is 3.18. The summed E-state index contributed by atoms with van der Waals surface area (Å²) in [5.74, 6) is 0. The van der Waals surface area contributed by atoms with Crippen LogP contribution in [0.2, 0.25) is 0 Å². The van der Waals surface area contributed by atoms with E-state index in [1.165, 1.54) is 4.88 Å². The summed E-state index contributed by atoms with van der Waals surface area (Å²) in [6.45, 7) is 3.23. The Bertz CT molecular complexity index is 722. The molecule has 1 aromatic carbocycles. The van der Waals surface area contributed by atoms with Gasteiger partial charge in [-0.15, -0.1) is 22.7 Å². The van der Waals surface area contributed by atoms with Crippen LogP contribution in [0.1, 0.15) is 22.9 Å². The molecule has 0 aliphatic heterocycles. The summed E-state index contributed by atoms with van der Waals surface area (Å²) in [5.41, 5.74) is 3.13. The van der Waals surface area contributed by atoms with Crippen molar-refractivity contribution < 1.29 is 5.11 Å². The van der Waals surface area contributed by atoms with Crippen LogP contribution in [0.5, 0.6) is 0 Å². The van der Waals surface area contributed by atoms with Gasteiger partial charge in [-0.05, 0) is 23.9 Å². The van der Waals surface area contributed by atoms with E-state index >= 15 is 0 Å². The highest BCUT2D eigenvalue weighted by atomic mass is 32.1. The number of aliphatic hydroxyl groups excluding tert-OH is 1. The van der Waals surface area contributed by atoms with Crippen LogP contribution >= 0.6 is 22.7 Å². The van der Waals surface area contributed by atoms with Crippen molar-refractivity contribution in [3.63, 3.8) is 0 Å². The molecule has 1 unspecified atom stereocenters. The van der Waals surface area contributed by atoms with E-state index in [0.717, 1.165) is 21.8 Å². The summed E-state index contributed by atoms with van der Waals surface area (Å²) in [6.07, 6.45) is -0.490. The van der Waals surface area contributed by atoms with E-state index in [-0.39, 0.29) is 0 Å². The maximum absolute atomic E-state index is 10.2. The zero-order chi connectivity index (χ0) is 15.4. The second kappa shape index (κ2) is 7.15. The smallest absolute Gasteiger partial charge is 0.133 e. The molecule has 22 heavy (non-hydrogen) atoms. The van der Waals surface area contributed by atoms with Crippen LogP contribution in [0.15, 0.2) is 47.2 Å². The number of nitrogens with one attached hydrogen (secondary N) is 1. The fourth-order valence-electron chi connectivity index (χ4n) is 2.23. The number of hydrogen-bond acceptors (Lipinski definition) is 5. The second-order valence-electron chi connectivity index (χ2n) is 5.18. The molecule has 2 aromatic heterocycles. The molecule has 0 aliphatic rings. The van der Waals surface area contributed by atoms with Crippen molar-refractivity contribution in [3.8, 4) is 9.88 Å².